The summed E-state index contributed by atoms with van der Waals surface area (Å²) in [6.45, 7) is 2.12. The molecule has 3 rings (SSSR count). The Morgan fingerprint density at radius 3 is 3.00 bits per heavy atom. The van der Waals surface area contributed by atoms with E-state index in [0.717, 1.165) is 24.0 Å². The number of anilines is 1. The second-order valence-corrected chi connectivity index (χ2v) is 5.29. The van der Waals surface area contributed by atoms with Crippen molar-refractivity contribution in [3.8, 4) is 0 Å². The second kappa shape index (κ2) is 6.11. The van der Waals surface area contributed by atoms with Gasteiger partial charge in [0.25, 0.3) is 0 Å². The van der Waals surface area contributed by atoms with Crippen LogP contribution in [0.5, 0.6) is 0 Å². The Labute approximate surface area is 123 Å². The summed E-state index contributed by atoms with van der Waals surface area (Å²) in [6, 6.07) is 4.11. The second-order valence-electron chi connectivity index (χ2n) is 5.29. The summed E-state index contributed by atoms with van der Waals surface area (Å²) < 4.78 is 7.02. The molecule has 2 aromatic rings. The van der Waals surface area contributed by atoms with Crippen molar-refractivity contribution in [2.45, 2.75) is 45.1 Å². The van der Waals surface area contributed by atoms with Crippen LogP contribution in [0.1, 0.15) is 45.1 Å². The normalized spacial score (nSPS) is 16.0. The van der Waals surface area contributed by atoms with Crippen molar-refractivity contribution in [1.29, 1.82) is 0 Å². The van der Waals surface area contributed by atoms with E-state index in [9.17, 15) is 4.79 Å². The van der Waals surface area contributed by atoms with Crippen molar-refractivity contribution in [1.82, 2.24) is 14.5 Å². The first-order valence-electron chi connectivity index (χ1n) is 7.56. The summed E-state index contributed by atoms with van der Waals surface area (Å²) in [7, 11) is 0. The van der Waals surface area contributed by atoms with E-state index in [2.05, 4.69) is 19.9 Å². The fraction of sp³-hybridized carbons (Fsp3) is 0.533. The largest absolute Gasteiger partial charge is 0.450 e. The number of pyridine rings is 1. The first kappa shape index (κ1) is 13.9. The number of amides is 1. The lowest BCUT2D eigenvalue weighted by atomic mass is 9.95. The van der Waals surface area contributed by atoms with E-state index in [1.54, 1.807) is 13.1 Å². The average Bonchev–Trinajstić information content (AvgIpc) is 2.86. The molecule has 6 heteroatoms. The number of imidazole rings is 1. The van der Waals surface area contributed by atoms with Gasteiger partial charge in [0, 0.05) is 12.2 Å². The number of hydrogen-bond acceptors (Lipinski definition) is 4. The van der Waals surface area contributed by atoms with Gasteiger partial charge in [-0.1, -0.05) is 19.3 Å². The number of carbonyl (C=O) groups excluding carboxylic acids is 1. The highest BCUT2D eigenvalue weighted by Crippen LogP contribution is 2.33. The lowest BCUT2D eigenvalue weighted by Gasteiger charge is -2.24. The molecule has 2 aromatic heterocycles. The Hall–Kier alpha value is -2.11. The summed E-state index contributed by atoms with van der Waals surface area (Å²) >= 11 is 0. The number of nitrogens with zero attached hydrogens (tertiary/aromatic N) is 3. The van der Waals surface area contributed by atoms with Crippen LogP contribution in [-0.4, -0.2) is 27.2 Å². The molecule has 0 aromatic carbocycles. The van der Waals surface area contributed by atoms with E-state index >= 15 is 0 Å². The van der Waals surface area contributed by atoms with Crippen molar-refractivity contribution in [2.75, 3.05) is 11.9 Å². The molecule has 6 nitrogen and oxygen atoms in total. The highest BCUT2D eigenvalue weighted by molar-refractivity contribution is 5.85. The fourth-order valence-corrected chi connectivity index (χ4v) is 2.96. The Morgan fingerprint density at radius 2 is 2.24 bits per heavy atom. The topological polar surface area (TPSA) is 69.0 Å². The minimum Gasteiger partial charge on any atom is -0.450 e. The van der Waals surface area contributed by atoms with Gasteiger partial charge >= 0.3 is 6.09 Å². The number of nitrogens with one attached hydrogen (secondary N) is 1. The summed E-state index contributed by atoms with van der Waals surface area (Å²) in [5.41, 5.74) is 1.63. The molecular weight excluding hydrogens is 268 g/mol. The van der Waals surface area contributed by atoms with Gasteiger partial charge < -0.3 is 4.74 Å². The third kappa shape index (κ3) is 2.84. The number of fused-ring (bicyclic) bond motifs is 1. The van der Waals surface area contributed by atoms with Crippen LogP contribution >= 0.6 is 0 Å². The highest BCUT2D eigenvalue weighted by Gasteiger charge is 2.23. The molecule has 0 unspecified atom stereocenters. The molecule has 21 heavy (non-hydrogen) atoms. The first-order valence-corrected chi connectivity index (χ1v) is 7.56. The van der Waals surface area contributed by atoms with Gasteiger partial charge in [-0.25, -0.2) is 14.8 Å². The monoisotopic (exact) mass is 288 g/mol. The van der Waals surface area contributed by atoms with Gasteiger partial charge in [-0.15, -0.1) is 0 Å². The Bertz CT molecular complexity index is 632. The molecule has 0 spiro atoms. The number of hydrogen-bond donors (Lipinski definition) is 1. The standard InChI is InChI=1S/C15H20N4O2/c1-2-21-15(20)18-14-17-12-9-6-10-16-13(12)19(14)11-7-4-3-5-8-11/h6,9-11H,2-5,7-8H2,1H3,(H,17,18,20). The molecule has 1 fully saturated rings. The van der Waals surface area contributed by atoms with E-state index in [-0.39, 0.29) is 0 Å². The smallest absolute Gasteiger partial charge is 0.413 e. The molecule has 0 bridgehead atoms. The first-order chi connectivity index (χ1) is 10.3. The molecule has 1 aliphatic carbocycles. The predicted molar refractivity (Wildman–Crippen MR) is 80.3 cm³/mol. The molecule has 2 heterocycles. The van der Waals surface area contributed by atoms with Crippen LogP contribution in [0, 0.1) is 0 Å². The summed E-state index contributed by atoms with van der Waals surface area (Å²) in [4.78, 5) is 20.7. The minimum absolute atomic E-state index is 0.341. The van der Waals surface area contributed by atoms with Crippen LogP contribution < -0.4 is 5.32 Å². The van der Waals surface area contributed by atoms with Crippen molar-refractivity contribution >= 4 is 23.2 Å². The molecule has 0 atom stereocenters. The molecule has 0 aliphatic heterocycles. The lowest BCUT2D eigenvalue weighted by molar-refractivity contribution is 0.167. The van der Waals surface area contributed by atoms with Crippen molar-refractivity contribution in [3.05, 3.63) is 18.3 Å². The van der Waals surface area contributed by atoms with Gasteiger partial charge in [-0.2, -0.15) is 0 Å². The van der Waals surface area contributed by atoms with E-state index in [1.807, 2.05) is 12.1 Å². The molecular formula is C15H20N4O2. The van der Waals surface area contributed by atoms with Crippen molar-refractivity contribution in [3.63, 3.8) is 0 Å². The van der Waals surface area contributed by atoms with E-state index in [4.69, 9.17) is 4.74 Å². The van der Waals surface area contributed by atoms with Gasteiger partial charge in [0.05, 0.1) is 6.61 Å². The van der Waals surface area contributed by atoms with Crippen LogP contribution in [0.3, 0.4) is 0 Å². The molecule has 0 saturated heterocycles. The van der Waals surface area contributed by atoms with Crippen LogP contribution in [0.4, 0.5) is 10.7 Å². The number of aromatic nitrogens is 3. The molecule has 1 N–H and O–H groups in total. The predicted octanol–water partition coefficient (Wildman–Crippen LogP) is 3.50. The van der Waals surface area contributed by atoms with Gasteiger partial charge in [-0.3, -0.25) is 9.88 Å². The van der Waals surface area contributed by atoms with E-state index in [0.29, 0.717) is 18.6 Å². The number of ether oxygens (including phenoxy) is 1. The van der Waals surface area contributed by atoms with E-state index < -0.39 is 6.09 Å². The van der Waals surface area contributed by atoms with Crippen molar-refractivity contribution < 1.29 is 9.53 Å². The maximum atomic E-state index is 11.7. The van der Waals surface area contributed by atoms with Crippen LogP contribution in [0.15, 0.2) is 18.3 Å². The van der Waals surface area contributed by atoms with Gasteiger partial charge in [-0.05, 0) is 31.9 Å². The third-order valence-corrected chi connectivity index (χ3v) is 3.88. The zero-order valence-electron chi connectivity index (χ0n) is 12.2. The molecule has 0 radical (unpaired) electrons. The zero-order chi connectivity index (χ0) is 14.7. The quantitative estimate of drug-likeness (QED) is 0.938. The number of carbonyl (C=O) groups is 1. The van der Waals surface area contributed by atoms with Crippen molar-refractivity contribution in [2.24, 2.45) is 0 Å². The van der Waals surface area contributed by atoms with Crippen LogP contribution in [0.2, 0.25) is 0 Å². The third-order valence-electron chi connectivity index (χ3n) is 3.88. The molecule has 1 saturated carbocycles. The minimum atomic E-state index is -0.468. The maximum absolute atomic E-state index is 11.7. The van der Waals surface area contributed by atoms with Crippen LogP contribution in [-0.2, 0) is 4.74 Å². The summed E-state index contributed by atoms with van der Waals surface area (Å²) in [5.74, 6) is 0.536. The molecule has 1 aliphatic rings. The van der Waals surface area contributed by atoms with Gasteiger partial charge in [0.1, 0.15) is 5.52 Å². The van der Waals surface area contributed by atoms with Crippen LogP contribution in [0.25, 0.3) is 11.2 Å². The Kier molecular flexibility index (Phi) is 4.03. The maximum Gasteiger partial charge on any atom is 0.413 e. The van der Waals surface area contributed by atoms with E-state index in [1.165, 1.54) is 19.3 Å². The average molecular weight is 288 g/mol. The SMILES string of the molecule is CCOC(=O)Nc1nc2cccnc2n1C1CCCCC1. The Balaban J connectivity index is 1.98. The summed E-state index contributed by atoms with van der Waals surface area (Å²) in [6.07, 6.45) is 7.17. The Morgan fingerprint density at radius 1 is 1.43 bits per heavy atom. The zero-order valence-corrected chi connectivity index (χ0v) is 12.2. The lowest BCUT2D eigenvalue weighted by Crippen LogP contribution is -2.20. The number of rotatable bonds is 3. The van der Waals surface area contributed by atoms with Gasteiger partial charge in [0.15, 0.2) is 5.65 Å². The molecule has 1 amide bonds. The van der Waals surface area contributed by atoms with Gasteiger partial charge in [0.2, 0.25) is 5.95 Å². The summed E-state index contributed by atoms with van der Waals surface area (Å²) in [5, 5.41) is 2.75. The highest BCUT2D eigenvalue weighted by atomic mass is 16.5. The molecule has 112 valence electrons. The fourth-order valence-electron chi connectivity index (χ4n) is 2.96.